The molecule has 1 aliphatic carbocycles. The van der Waals surface area contributed by atoms with E-state index in [1.165, 1.54) is 23.7 Å². The Morgan fingerprint density at radius 1 is 1.23 bits per heavy atom. The largest absolute Gasteiger partial charge is 0.448 e. The first-order chi connectivity index (χ1) is 14.9. The highest BCUT2D eigenvalue weighted by molar-refractivity contribution is 9.10. The number of hydrazone groups is 1. The molecule has 8 nitrogen and oxygen atoms in total. The van der Waals surface area contributed by atoms with Crippen molar-refractivity contribution in [2.24, 2.45) is 9.50 Å². The van der Waals surface area contributed by atoms with E-state index in [0.717, 1.165) is 25.7 Å². The van der Waals surface area contributed by atoms with Crippen molar-refractivity contribution in [1.29, 1.82) is 0 Å². The molecule has 2 aromatic rings. The van der Waals surface area contributed by atoms with E-state index in [1.54, 1.807) is 30.3 Å². The van der Waals surface area contributed by atoms with E-state index < -0.39 is 10.0 Å². The number of nitrogens with one attached hydrogen (secondary N) is 1. The molecule has 1 aromatic carbocycles. The summed E-state index contributed by atoms with van der Waals surface area (Å²) in [5.41, 5.74) is 0.466. The van der Waals surface area contributed by atoms with Gasteiger partial charge in [0.25, 0.3) is 10.0 Å². The van der Waals surface area contributed by atoms with Crippen molar-refractivity contribution in [3.63, 3.8) is 0 Å². The van der Waals surface area contributed by atoms with E-state index in [4.69, 9.17) is 4.42 Å². The molecule has 0 bridgehead atoms. The molecule has 1 saturated carbocycles. The molecule has 0 atom stereocenters. The number of carbonyl (C=O) groups excluding carboxylic acids is 1. The molecule has 1 amide bonds. The van der Waals surface area contributed by atoms with Crippen LogP contribution in [0.3, 0.4) is 0 Å². The number of hydrogen-bond acceptors (Lipinski definition) is 6. The second kappa shape index (κ2) is 9.35. The van der Waals surface area contributed by atoms with Crippen molar-refractivity contribution in [3.8, 4) is 0 Å². The number of sulfonamides is 1. The molecular formula is C21H23BrN4O4S. The average molecular weight is 507 g/mol. The molecule has 2 heterocycles. The Kier molecular flexibility index (Phi) is 6.57. The topological polar surface area (TPSA) is 104 Å². The van der Waals surface area contributed by atoms with Gasteiger partial charge in [-0.2, -0.15) is 13.5 Å². The highest BCUT2D eigenvalue weighted by Crippen LogP contribution is 2.28. The van der Waals surface area contributed by atoms with Crippen molar-refractivity contribution in [2.45, 2.75) is 49.5 Å². The Bertz CT molecular complexity index is 1120. The lowest BCUT2D eigenvalue weighted by atomic mass is 9.95. The summed E-state index contributed by atoms with van der Waals surface area (Å²) in [7, 11) is -3.80. The van der Waals surface area contributed by atoms with Crippen LogP contribution in [0.5, 0.6) is 0 Å². The van der Waals surface area contributed by atoms with Gasteiger partial charge in [0, 0.05) is 18.0 Å². The molecule has 10 heteroatoms. The number of hydrogen-bond donors (Lipinski definition) is 1. The molecule has 0 radical (unpaired) electrons. The monoisotopic (exact) mass is 506 g/mol. The lowest BCUT2D eigenvalue weighted by Crippen LogP contribution is -2.38. The molecule has 31 heavy (non-hydrogen) atoms. The molecule has 2 aliphatic rings. The fourth-order valence-corrected chi connectivity index (χ4v) is 5.30. The standard InChI is InChI=1S/C21H23BrN4O4S/c22-19-11-10-16(30-19)14-23-26(13-12-20(27)24-15-6-2-1-3-7-15)21-17-8-4-5-9-18(17)31(28,29)25-21/h4-5,8-11,14-15H,1-3,6-7,12-13H2,(H,24,27). The Morgan fingerprint density at radius 2 is 2.00 bits per heavy atom. The van der Waals surface area contributed by atoms with Gasteiger partial charge in [0.2, 0.25) is 5.91 Å². The highest BCUT2D eigenvalue weighted by Gasteiger charge is 2.32. The van der Waals surface area contributed by atoms with E-state index in [1.807, 2.05) is 0 Å². The summed E-state index contributed by atoms with van der Waals surface area (Å²) < 4.78 is 34.9. The maximum Gasteiger partial charge on any atom is 0.285 e. The van der Waals surface area contributed by atoms with Crippen LogP contribution in [0.2, 0.25) is 0 Å². The summed E-state index contributed by atoms with van der Waals surface area (Å²) in [5, 5.41) is 8.91. The van der Waals surface area contributed by atoms with Gasteiger partial charge in [0.15, 0.2) is 10.5 Å². The fraction of sp³-hybridized carbons (Fsp3) is 0.381. The zero-order chi connectivity index (χ0) is 21.8. The van der Waals surface area contributed by atoms with Gasteiger partial charge in [-0.05, 0) is 53.0 Å². The van der Waals surface area contributed by atoms with Gasteiger partial charge in [-0.1, -0.05) is 31.4 Å². The molecule has 0 spiro atoms. The van der Waals surface area contributed by atoms with Crippen LogP contribution in [-0.4, -0.2) is 44.0 Å². The molecule has 4 rings (SSSR count). The third-order valence-corrected chi connectivity index (χ3v) is 7.05. The van der Waals surface area contributed by atoms with Gasteiger partial charge in [0.1, 0.15) is 10.7 Å². The van der Waals surface area contributed by atoms with Gasteiger partial charge in [-0.25, -0.2) is 5.01 Å². The first kappa shape index (κ1) is 21.8. The van der Waals surface area contributed by atoms with Gasteiger partial charge in [-0.15, -0.1) is 4.40 Å². The summed E-state index contributed by atoms with van der Waals surface area (Å²) in [6, 6.07) is 10.3. The average Bonchev–Trinajstić information content (AvgIpc) is 3.29. The molecule has 1 N–H and O–H groups in total. The van der Waals surface area contributed by atoms with Gasteiger partial charge in [0.05, 0.1) is 12.8 Å². The summed E-state index contributed by atoms with van der Waals surface area (Å²) in [6.45, 7) is 0.180. The quantitative estimate of drug-likeness (QED) is 0.475. The van der Waals surface area contributed by atoms with Gasteiger partial charge >= 0.3 is 0 Å². The molecule has 164 valence electrons. The van der Waals surface area contributed by atoms with Crippen molar-refractivity contribution in [1.82, 2.24) is 10.3 Å². The predicted molar refractivity (Wildman–Crippen MR) is 121 cm³/mol. The highest BCUT2D eigenvalue weighted by atomic mass is 79.9. The number of carbonyl (C=O) groups is 1. The van der Waals surface area contributed by atoms with E-state index in [0.29, 0.717) is 16.0 Å². The Morgan fingerprint density at radius 3 is 2.74 bits per heavy atom. The number of furan rings is 1. The van der Waals surface area contributed by atoms with Crippen LogP contribution in [0.25, 0.3) is 0 Å². The first-order valence-corrected chi connectivity index (χ1v) is 12.5. The zero-order valence-electron chi connectivity index (χ0n) is 16.8. The number of fused-ring (bicyclic) bond motifs is 1. The van der Waals surface area contributed by atoms with Crippen molar-refractivity contribution < 1.29 is 17.6 Å². The molecule has 1 aliphatic heterocycles. The lowest BCUT2D eigenvalue weighted by molar-refractivity contribution is -0.122. The smallest absolute Gasteiger partial charge is 0.285 e. The Labute approximate surface area is 189 Å². The Balaban J connectivity index is 1.54. The number of amidine groups is 1. The van der Waals surface area contributed by atoms with Crippen LogP contribution in [-0.2, 0) is 14.8 Å². The second-order valence-electron chi connectivity index (χ2n) is 7.55. The molecular weight excluding hydrogens is 484 g/mol. The zero-order valence-corrected chi connectivity index (χ0v) is 19.2. The normalized spacial score (nSPS) is 18.0. The summed E-state index contributed by atoms with van der Waals surface area (Å²) in [5.74, 6) is 0.601. The maximum atomic E-state index is 12.5. The number of nitrogens with zero attached hydrogens (tertiary/aromatic N) is 3. The number of halogens is 1. The lowest BCUT2D eigenvalue weighted by Gasteiger charge is -2.23. The molecule has 0 unspecified atom stereocenters. The predicted octanol–water partition coefficient (Wildman–Crippen LogP) is 3.67. The van der Waals surface area contributed by atoms with Gasteiger partial charge < -0.3 is 9.73 Å². The number of amides is 1. The van der Waals surface area contributed by atoms with Crippen molar-refractivity contribution in [2.75, 3.05) is 6.54 Å². The van der Waals surface area contributed by atoms with Crippen LogP contribution in [0.4, 0.5) is 0 Å². The third kappa shape index (κ3) is 5.24. The van der Waals surface area contributed by atoms with E-state index >= 15 is 0 Å². The van der Waals surface area contributed by atoms with Crippen LogP contribution >= 0.6 is 15.9 Å². The second-order valence-corrected chi connectivity index (χ2v) is 9.90. The maximum absolute atomic E-state index is 12.5. The summed E-state index contributed by atoms with van der Waals surface area (Å²) in [6.07, 6.45) is 7.11. The number of benzene rings is 1. The minimum Gasteiger partial charge on any atom is -0.448 e. The first-order valence-electron chi connectivity index (χ1n) is 10.2. The van der Waals surface area contributed by atoms with Crippen molar-refractivity contribution in [3.05, 3.63) is 52.4 Å². The van der Waals surface area contributed by atoms with Crippen LogP contribution in [0.15, 0.2) is 59.9 Å². The van der Waals surface area contributed by atoms with Gasteiger partial charge in [-0.3, -0.25) is 4.79 Å². The van der Waals surface area contributed by atoms with Crippen LogP contribution in [0.1, 0.15) is 49.8 Å². The molecule has 1 aromatic heterocycles. The summed E-state index contributed by atoms with van der Waals surface area (Å²) in [4.78, 5) is 12.6. The van der Waals surface area contributed by atoms with E-state index in [9.17, 15) is 13.2 Å². The van der Waals surface area contributed by atoms with Crippen LogP contribution in [0, 0.1) is 0 Å². The van der Waals surface area contributed by atoms with Crippen LogP contribution < -0.4 is 5.32 Å². The van der Waals surface area contributed by atoms with Crippen molar-refractivity contribution >= 4 is 43.9 Å². The summed E-state index contributed by atoms with van der Waals surface area (Å²) >= 11 is 3.24. The molecule has 1 fully saturated rings. The number of rotatable bonds is 6. The van der Waals surface area contributed by atoms with E-state index in [2.05, 4.69) is 30.7 Å². The van der Waals surface area contributed by atoms with E-state index in [-0.39, 0.29) is 35.6 Å². The fourth-order valence-electron chi connectivity index (χ4n) is 3.77. The molecule has 0 saturated heterocycles. The SMILES string of the molecule is O=C(CCN(N=Cc1ccc(Br)o1)C1=NS(=O)(=O)c2ccccc21)NC1CCCCC1. The third-order valence-electron chi connectivity index (χ3n) is 5.30. The minimum atomic E-state index is -3.80. The Hall–Kier alpha value is -2.46. The minimum absolute atomic E-state index is 0.0809.